The van der Waals surface area contributed by atoms with Crippen LogP contribution in [0.4, 0.5) is 5.82 Å². The fourth-order valence-electron chi connectivity index (χ4n) is 3.73. The number of aliphatic hydroxyl groups excluding tert-OH is 1. The summed E-state index contributed by atoms with van der Waals surface area (Å²) in [6, 6.07) is 16.9. The minimum absolute atomic E-state index is 0.0928. The van der Waals surface area contributed by atoms with E-state index in [4.69, 9.17) is 9.47 Å². The molecule has 1 aliphatic heterocycles. The van der Waals surface area contributed by atoms with Gasteiger partial charge in [0.15, 0.2) is 0 Å². The lowest BCUT2D eigenvalue weighted by Gasteiger charge is -2.24. The molecule has 1 atom stereocenters. The van der Waals surface area contributed by atoms with Gasteiger partial charge in [0.25, 0.3) is 5.78 Å². The number of hydrogen-bond donors (Lipinski definition) is 1. The Morgan fingerprint density at radius 3 is 2.36 bits per heavy atom. The van der Waals surface area contributed by atoms with Crippen molar-refractivity contribution in [3.8, 4) is 5.75 Å². The van der Waals surface area contributed by atoms with Crippen LogP contribution in [0.5, 0.6) is 5.75 Å². The summed E-state index contributed by atoms with van der Waals surface area (Å²) in [6.07, 6.45) is 1.51. The molecule has 2 heterocycles. The molecular weight excluding hydrogens is 424 g/mol. The number of amides is 1. The molecule has 2 aromatic carbocycles. The highest BCUT2D eigenvalue weighted by molar-refractivity contribution is 6.51. The molecule has 1 fully saturated rings. The molecular formula is C25H20N2O6. The van der Waals surface area contributed by atoms with Gasteiger partial charge >= 0.3 is 11.9 Å². The summed E-state index contributed by atoms with van der Waals surface area (Å²) in [5.41, 5.74) is 1.05. The van der Waals surface area contributed by atoms with Crippen molar-refractivity contribution in [1.29, 1.82) is 0 Å². The van der Waals surface area contributed by atoms with Crippen molar-refractivity contribution < 1.29 is 29.0 Å². The number of ketones is 1. The summed E-state index contributed by atoms with van der Waals surface area (Å²) in [5.74, 6) is -1.78. The molecule has 0 spiro atoms. The first kappa shape index (κ1) is 21.8. The third kappa shape index (κ3) is 3.94. The Kier molecular flexibility index (Phi) is 5.91. The number of carbonyl (C=O) groups excluding carboxylic acids is 3. The first-order chi connectivity index (χ1) is 16.0. The van der Waals surface area contributed by atoms with Gasteiger partial charge < -0.3 is 14.6 Å². The maximum absolute atomic E-state index is 13.1. The molecule has 0 saturated carbocycles. The Labute approximate surface area is 189 Å². The Bertz CT molecular complexity index is 1250. The second-order valence-electron chi connectivity index (χ2n) is 7.20. The molecule has 0 aliphatic carbocycles. The lowest BCUT2D eigenvalue weighted by molar-refractivity contribution is -0.132. The van der Waals surface area contributed by atoms with Gasteiger partial charge in [0.1, 0.15) is 17.3 Å². The number of Topliss-reactive ketones (excluding diaryl/α,β-unsaturated/α-hetero) is 1. The monoisotopic (exact) mass is 444 g/mol. The second kappa shape index (κ2) is 8.96. The minimum Gasteiger partial charge on any atom is -0.507 e. The van der Waals surface area contributed by atoms with Gasteiger partial charge in [0.2, 0.25) is 0 Å². The highest BCUT2D eigenvalue weighted by atomic mass is 16.5. The topological polar surface area (TPSA) is 106 Å². The van der Waals surface area contributed by atoms with Crippen LogP contribution >= 0.6 is 0 Å². The van der Waals surface area contributed by atoms with Crippen molar-refractivity contribution in [2.24, 2.45) is 0 Å². The van der Waals surface area contributed by atoms with Gasteiger partial charge in [-0.1, -0.05) is 30.3 Å². The number of carbonyl (C=O) groups is 3. The predicted octanol–water partition coefficient (Wildman–Crippen LogP) is 3.50. The van der Waals surface area contributed by atoms with Gasteiger partial charge in [0.05, 0.1) is 31.4 Å². The summed E-state index contributed by atoms with van der Waals surface area (Å²) in [5, 5.41) is 11.1. The van der Waals surface area contributed by atoms with E-state index in [1.807, 2.05) is 0 Å². The van der Waals surface area contributed by atoms with E-state index in [0.717, 1.165) is 0 Å². The van der Waals surface area contributed by atoms with E-state index in [1.54, 1.807) is 54.6 Å². The van der Waals surface area contributed by atoms with Crippen LogP contribution in [-0.4, -0.2) is 42.0 Å². The van der Waals surface area contributed by atoms with E-state index in [1.165, 1.54) is 37.4 Å². The zero-order valence-corrected chi connectivity index (χ0v) is 17.9. The predicted molar refractivity (Wildman–Crippen MR) is 120 cm³/mol. The van der Waals surface area contributed by atoms with Crippen LogP contribution in [0.2, 0.25) is 0 Å². The normalized spacial score (nSPS) is 17.2. The van der Waals surface area contributed by atoms with Gasteiger partial charge in [-0.2, -0.15) is 0 Å². The zero-order chi connectivity index (χ0) is 23.5. The summed E-state index contributed by atoms with van der Waals surface area (Å²) in [6.45, 7) is 0. The Balaban J connectivity index is 1.91. The van der Waals surface area contributed by atoms with Crippen molar-refractivity contribution in [3.63, 3.8) is 0 Å². The van der Waals surface area contributed by atoms with Crippen molar-refractivity contribution in [2.75, 3.05) is 19.1 Å². The van der Waals surface area contributed by atoms with Crippen LogP contribution in [0.3, 0.4) is 0 Å². The third-order valence-corrected chi connectivity index (χ3v) is 5.33. The Hall–Kier alpha value is -4.46. The van der Waals surface area contributed by atoms with Gasteiger partial charge in [-0.3, -0.25) is 14.5 Å². The smallest absolute Gasteiger partial charge is 0.337 e. The standard InChI is InChI=1S/C25H20N2O6/c1-32-18-7-5-6-17(14-18)22(28)20-21(15-9-11-16(12-10-15)25(31)33-2)27(24(30)23(20)29)19-8-3-4-13-26-19/h3-14,21,28H,1-2H3. The molecule has 33 heavy (non-hydrogen) atoms. The molecule has 8 heteroatoms. The maximum Gasteiger partial charge on any atom is 0.337 e. The number of benzene rings is 2. The molecule has 3 aromatic rings. The first-order valence-corrected chi connectivity index (χ1v) is 10.0. The molecule has 1 aliphatic rings. The number of rotatable bonds is 5. The van der Waals surface area contributed by atoms with E-state index in [-0.39, 0.29) is 17.2 Å². The lowest BCUT2D eigenvalue weighted by atomic mass is 9.94. The van der Waals surface area contributed by atoms with Crippen LogP contribution in [-0.2, 0) is 14.3 Å². The van der Waals surface area contributed by atoms with Gasteiger partial charge in [-0.05, 0) is 42.0 Å². The molecule has 8 nitrogen and oxygen atoms in total. The summed E-state index contributed by atoms with van der Waals surface area (Å²) in [4.78, 5) is 43.5. The maximum atomic E-state index is 13.1. The Morgan fingerprint density at radius 1 is 0.970 bits per heavy atom. The molecule has 1 aromatic heterocycles. The summed E-state index contributed by atoms with van der Waals surface area (Å²) in [7, 11) is 2.77. The lowest BCUT2D eigenvalue weighted by Crippen LogP contribution is -2.30. The van der Waals surface area contributed by atoms with Crippen LogP contribution in [0.15, 0.2) is 78.5 Å². The highest BCUT2D eigenvalue weighted by Gasteiger charge is 2.47. The van der Waals surface area contributed by atoms with Crippen molar-refractivity contribution in [1.82, 2.24) is 4.98 Å². The average molecular weight is 444 g/mol. The van der Waals surface area contributed by atoms with Crippen LogP contribution in [0, 0.1) is 0 Å². The van der Waals surface area contributed by atoms with E-state index in [2.05, 4.69) is 4.98 Å². The largest absolute Gasteiger partial charge is 0.507 e. The van der Waals surface area contributed by atoms with Gasteiger partial charge in [0, 0.05) is 11.8 Å². The number of aromatic nitrogens is 1. The van der Waals surface area contributed by atoms with Crippen molar-refractivity contribution in [3.05, 3.63) is 95.2 Å². The number of ether oxygens (including phenoxy) is 2. The van der Waals surface area contributed by atoms with Crippen molar-refractivity contribution in [2.45, 2.75) is 6.04 Å². The number of nitrogens with zero attached hydrogens (tertiary/aromatic N) is 2. The van der Waals surface area contributed by atoms with E-state index in [9.17, 15) is 19.5 Å². The second-order valence-corrected chi connectivity index (χ2v) is 7.20. The SMILES string of the molecule is COC(=O)c1ccc(C2C(=C(O)c3cccc(OC)c3)C(=O)C(=O)N2c2ccccn2)cc1. The molecule has 0 radical (unpaired) electrons. The average Bonchev–Trinajstić information content (AvgIpc) is 3.14. The fraction of sp³-hybridized carbons (Fsp3) is 0.120. The Morgan fingerprint density at radius 2 is 1.73 bits per heavy atom. The number of methoxy groups -OCH3 is 2. The van der Waals surface area contributed by atoms with Crippen LogP contribution < -0.4 is 9.64 Å². The number of anilines is 1. The fourth-order valence-corrected chi connectivity index (χ4v) is 3.73. The zero-order valence-electron chi connectivity index (χ0n) is 17.9. The highest BCUT2D eigenvalue weighted by Crippen LogP contribution is 2.41. The van der Waals surface area contributed by atoms with Crippen LogP contribution in [0.25, 0.3) is 5.76 Å². The molecule has 1 N–H and O–H groups in total. The molecule has 1 amide bonds. The quantitative estimate of drug-likeness (QED) is 0.278. The number of esters is 1. The molecule has 1 unspecified atom stereocenters. The minimum atomic E-state index is -0.960. The molecule has 166 valence electrons. The van der Waals surface area contributed by atoms with E-state index in [0.29, 0.717) is 22.4 Å². The number of aliphatic hydroxyl groups is 1. The van der Waals surface area contributed by atoms with Crippen molar-refractivity contribution >= 4 is 29.2 Å². The third-order valence-electron chi connectivity index (χ3n) is 5.33. The molecule has 1 saturated heterocycles. The van der Waals surface area contributed by atoms with E-state index >= 15 is 0 Å². The number of hydrogen-bond acceptors (Lipinski definition) is 7. The van der Waals surface area contributed by atoms with Gasteiger partial charge in [-0.15, -0.1) is 0 Å². The number of pyridine rings is 1. The summed E-state index contributed by atoms with van der Waals surface area (Å²) < 4.78 is 9.95. The molecule has 4 rings (SSSR count). The van der Waals surface area contributed by atoms with Gasteiger partial charge in [-0.25, -0.2) is 9.78 Å². The first-order valence-electron chi connectivity index (χ1n) is 10.0. The molecule has 0 bridgehead atoms. The van der Waals surface area contributed by atoms with E-state index < -0.39 is 23.7 Å². The summed E-state index contributed by atoms with van der Waals surface area (Å²) >= 11 is 0. The van der Waals surface area contributed by atoms with Crippen LogP contribution in [0.1, 0.15) is 27.5 Å².